The number of benzene rings is 2. The summed E-state index contributed by atoms with van der Waals surface area (Å²) in [4.78, 5) is 8.03. The largest absolute Gasteiger partial charge is 0.325 e. The van der Waals surface area contributed by atoms with Gasteiger partial charge in [0.2, 0.25) is 16.0 Å². The number of aromatic amines is 1. The van der Waals surface area contributed by atoms with E-state index in [-0.39, 0.29) is 10.9 Å². The van der Waals surface area contributed by atoms with Crippen molar-refractivity contribution in [2.75, 3.05) is 5.32 Å². The van der Waals surface area contributed by atoms with Gasteiger partial charge in [-0.3, -0.25) is 0 Å². The maximum Gasteiger partial charge on any atom is 0.240 e. The van der Waals surface area contributed by atoms with E-state index < -0.39 is 10.0 Å². The molecule has 8 heteroatoms. The number of imidazole rings is 1. The van der Waals surface area contributed by atoms with E-state index in [9.17, 15) is 8.42 Å². The van der Waals surface area contributed by atoms with Gasteiger partial charge in [0, 0.05) is 11.6 Å². The summed E-state index contributed by atoms with van der Waals surface area (Å²) in [5.41, 5.74) is 4.41. The Morgan fingerprint density at radius 2 is 1.96 bits per heavy atom. The van der Waals surface area contributed by atoms with E-state index in [1.807, 2.05) is 47.2 Å². The van der Waals surface area contributed by atoms with Crippen molar-refractivity contribution in [3.63, 3.8) is 0 Å². The number of nitrogens with one attached hydrogen (secondary N) is 3. The molecule has 3 N–H and O–H groups in total. The Morgan fingerprint density at radius 3 is 2.71 bits per heavy atom. The molecule has 0 unspecified atom stereocenters. The number of nitrogens with zero attached hydrogens (tertiary/aromatic N) is 1. The topological polar surface area (TPSA) is 86.9 Å². The van der Waals surface area contributed by atoms with E-state index in [0.29, 0.717) is 11.6 Å². The first kappa shape index (κ1) is 17.4. The van der Waals surface area contributed by atoms with Crippen molar-refractivity contribution in [2.24, 2.45) is 0 Å². The van der Waals surface area contributed by atoms with Crippen molar-refractivity contribution in [3.05, 3.63) is 59.3 Å². The second-order valence-corrected chi connectivity index (χ2v) is 9.34. The molecular formula is C20H18N4O2S2. The predicted octanol–water partition coefficient (Wildman–Crippen LogP) is 4.48. The van der Waals surface area contributed by atoms with Gasteiger partial charge in [0.15, 0.2) is 0 Å². The summed E-state index contributed by atoms with van der Waals surface area (Å²) in [5.74, 6) is 0.572. The third kappa shape index (κ3) is 3.42. The molecule has 0 aliphatic heterocycles. The molecule has 2 aromatic heterocycles. The smallest absolute Gasteiger partial charge is 0.240 e. The number of fused-ring (bicyclic) bond motifs is 1. The van der Waals surface area contributed by atoms with Crippen LogP contribution in [0.25, 0.3) is 22.2 Å². The van der Waals surface area contributed by atoms with Gasteiger partial charge in [-0.25, -0.2) is 18.1 Å². The molecule has 0 radical (unpaired) electrons. The van der Waals surface area contributed by atoms with Gasteiger partial charge in [-0.05, 0) is 59.5 Å². The first-order chi connectivity index (χ1) is 13.6. The average Bonchev–Trinajstić information content (AvgIpc) is 3.17. The SMILES string of the molecule is O=S(=O)(NC1CC1)c1ccc(-c2ccsc2)c(Nc2nc3ccccc3[nH]2)c1. The van der Waals surface area contributed by atoms with Crippen LogP contribution in [0.1, 0.15) is 12.8 Å². The fourth-order valence-corrected chi connectivity index (χ4v) is 5.08. The van der Waals surface area contributed by atoms with Crippen LogP contribution >= 0.6 is 11.3 Å². The summed E-state index contributed by atoms with van der Waals surface area (Å²) >= 11 is 1.60. The van der Waals surface area contributed by atoms with Crippen LogP contribution in [0.4, 0.5) is 11.6 Å². The Balaban J connectivity index is 1.57. The molecule has 0 amide bonds. The van der Waals surface area contributed by atoms with Gasteiger partial charge in [-0.2, -0.15) is 11.3 Å². The monoisotopic (exact) mass is 410 g/mol. The molecular weight excluding hydrogens is 392 g/mol. The van der Waals surface area contributed by atoms with Crippen molar-refractivity contribution >= 4 is 44.0 Å². The van der Waals surface area contributed by atoms with Crippen LogP contribution in [0.2, 0.25) is 0 Å². The number of H-pyrrole nitrogens is 1. The normalized spacial score (nSPS) is 14.4. The fourth-order valence-electron chi connectivity index (χ4n) is 3.09. The van der Waals surface area contributed by atoms with E-state index in [0.717, 1.165) is 35.0 Å². The average molecular weight is 411 g/mol. The number of para-hydroxylation sites is 2. The van der Waals surface area contributed by atoms with Crippen molar-refractivity contribution in [2.45, 2.75) is 23.8 Å². The van der Waals surface area contributed by atoms with Gasteiger partial charge in [0.1, 0.15) is 0 Å². The molecule has 4 aromatic rings. The molecule has 1 aliphatic rings. The Kier molecular flexibility index (Phi) is 4.19. The van der Waals surface area contributed by atoms with Gasteiger partial charge in [-0.15, -0.1) is 0 Å². The molecule has 1 aliphatic carbocycles. The second-order valence-electron chi connectivity index (χ2n) is 6.84. The standard InChI is InChI=1S/C20H18N4O2S2/c25-28(26,24-14-5-6-14)15-7-8-16(13-9-10-27-12-13)19(11-15)23-20-21-17-3-1-2-4-18(17)22-20/h1-4,7-12,14,24H,5-6H2,(H2,21,22,23). The molecule has 1 fully saturated rings. The zero-order valence-corrected chi connectivity index (χ0v) is 16.5. The zero-order valence-electron chi connectivity index (χ0n) is 14.8. The van der Waals surface area contributed by atoms with Crippen LogP contribution in [0.5, 0.6) is 0 Å². The van der Waals surface area contributed by atoms with Crippen molar-refractivity contribution < 1.29 is 8.42 Å². The Hall–Kier alpha value is -2.68. The highest BCUT2D eigenvalue weighted by Gasteiger charge is 2.28. The van der Waals surface area contributed by atoms with Crippen LogP contribution in [-0.2, 0) is 10.0 Å². The van der Waals surface area contributed by atoms with Gasteiger partial charge in [0.25, 0.3) is 0 Å². The van der Waals surface area contributed by atoms with Crippen molar-refractivity contribution in [1.82, 2.24) is 14.7 Å². The highest BCUT2D eigenvalue weighted by Crippen LogP contribution is 2.34. The second kappa shape index (κ2) is 6.73. The number of hydrogen-bond donors (Lipinski definition) is 3. The van der Waals surface area contributed by atoms with Crippen molar-refractivity contribution in [3.8, 4) is 11.1 Å². The van der Waals surface area contributed by atoms with Crippen LogP contribution < -0.4 is 10.0 Å². The van der Waals surface area contributed by atoms with E-state index in [4.69, 9.17) is 0 Å². The zero-order chi connectivity index (χ0) is 19.1. The van der Waals surface area contributed by atoms with Crippen LogP contribution in [0.15, 0.2) is 64.2 Å². The van der Waals surface area contributed by atoms with E-state index in [1.54, 1.807) is 23.5 Å². The van der Waals surface area contributed by atoms with Crippen LogP contribution in [0.3, 0.4) is 0 Å². The minimum absolute atomic E-state index is 0.0633. The quantitative estimate of drug-likeness (QED) is 0.437. The lowest BCUT2D eigenvalue weighted by atomic mass is 10.1. The summed E-state index contributed by atoms with van der Waals surface area (Å²) in [6.07, 6.45) is 1.80. The lowest BCUT2D eigenvalue weighted by Gasteiger charge is -2.13. The molecule has 6 nitrogen and oxygen atoms in total. The fraction of sp³-hybridized carbons (Fsp3) is 0.150. The Bertz CT molecular complexity index is 1210. The van der Waals surface area contributed by atoms with E-state index >= 15 is 0 Å². The number of rotatable bonds is 6. The lowest BCUT2D eigenvalue weighted by molar-refractivity contribution is 0.581. The van der Waals surface area contributed by atoms with Gasteiger partial charge < -0.3 is 10.3 Å². The molecule has 0 saturated heterocycles. The molecule has 0 atom stereocenters. The van der Waals surface area contributed by atoms with E-state index in [1.165, 1.54) is 0 Å². The maximum atomic E-state index is 12.7. The Labute approximate surface area is 166 Å². The first-order valence-corrected chi connectivity index (χ1v) is 11.4. The highest BCUT2D eigenvalue weighted by molar-refractivity contribution is 7.89. The summed E-state index contributed by atoms with van der Waals surface area (Å²) in [7, 11) is -3.54. The summed E-state index contributed by atoms with van der Waals surface area (Å²) in [6, 6.07) is 15.0. The first-order valence-electron chi connectivity index (χ1n) is 8.99. The number of aromatic nitrogens is 2. The third-order valence-corrected chi connectivity index (χ3v) is 6.88. The molecule has 1 saturated carbocycles. The molecule has 0 bridgehead atoms. The highest BCUT2D eigenvalue weighted by atomic mass is 32.2. The number of hydrogen-bond acceptors (Lipinski definition) is 5. The number of thiophene rings is 1. The van der Waals surface area contributed by atoms with Crippen LogP contribution in [0, 0.1) is 0 Å². The van der Waals surface area contributed by atoms with Crippen LogP contribution in [-0.4, -0.2) is 24.4 Å². The predicted molar refractivity (Wildman–Crippen MR) is 112 cm³/mol. The summed E-state index contributed by atoms with van der Waals surface area (Å²) < 4.78 is 28.1. The van der Waals surface area contributed by atoms with Gasteiger partial charge in [0.05, 0.1) is 21.6 Å². The molecule has 28 heavy (non-hydrogen) atoms. The minimum atomic E-state index is -3.54. The summed E-state index contributed by atoms with van der Waals surface area (Å²) in [5, 5.41) is 7.31. The molecule has 2 heterocycles. The lowest BCUT2D eigenvalue weighted by Crippen LogP contribution is -2.25. The molecule has 0 spiro atoms. The molecule has 2 aromatic carbocycles. The number of anilines is 2. The van der Waals surface area contributed by atoms with Crippen molar-refractivity contribution in [1.29, 1.82) is 0 Å². The maximum absolute atomic E-state index is 12.7. The Morgan fingerprint density at radius 1 is 1.11 bits per heavy atom. The number of sulfonamides is 1. The molecule has 142 valence electrons. The molecule has 5 rings (SSSR count). The van der Waals surface area contributed by atoms with Gasteiger partial charge >= 0.3 is 0 Å². The summed E-state index contributed by atoms with van der Waals surface area (Å²) in [6.45, 7) is 0. The minimum Gasteiger partial charge on any atom is -0.325 e. The third-order valence-electron chi connectivity index (χ3n) is 4.68. The van der Waals surface area contributed by atoms with Gasteiger partial charge in [-0.1, -0.05) is 18.2 Å². The van der Waals surface area contributed by atoms with E-state index in [2.05, 4.69) is 20.0 Å².